The number of H-pyrrole nitrogens is 1. The van der Waals surface area contributed by atoms with Gasteiger partial charge in [0.05, 0.1) is 5.52 Å². The Morgan fingerprint density at radius 1 is 1.36 bits per heavy atom. The van der Waals surface area contributed by atoms with E-state index in [1.165, 1.54) is 0 Å². The molecule has 2 N–H and O–H groups in total. The van der Waals surface area contributed by atoms with Gasteiger partial charge in [-0.2, -0.15) is 0 Å². The SMILES string of the molecule is Oc1cccc2[nH]nnc12.[KH]. The van der Waals surface area contributed by atoms with Crippen LogP contribution in [-0.4, -0.2) is 71.9 Å². The molecular formula is C6H6KN3O. The Balaban J connectivity index is 0.000000605. The Kier molecular flexibility index (Phi) is 3.03. The molecule has 0 amide bonds. The Morgan fingerprint density at radius 2 is 2.18 bits per heavy atom. The van der Waals surface area contributed by atoms with E-state index < -0.39 is 0 Å². The minimum atomic E-state index is 0. The zero-order valence-corrected chi connectivity index (χ0v) is 5.07. The van der Waals surface area contributed by atoms with E-state index in [1.807, 2.05) is 0 Å². The number of rotatable bonds is 0. The first-order chi connectivity index (χ1) is 4.88. The molecule has 0 aliphatic rings. The number of phenolic OH excluding ortho intramolecular Hbond substituents is 1. The molecule has 0 atom stereocenters. The fourth-order valence-electron chi connectivity index (χ4n) is 0.856. The second-order valence-corrected chi connectivity index (χ2v) is 1.99. The summed E-state index contributed by atoms with van der Waals surface area (Å²) in [6, 6.07) is 5.11. The van der Waals surface area contributed by atoms with Gasteiger partial charge in [-0.25, -0.2) is 0 Å². The first-order valence-corrected chi connectivity index (χ1v) is 2.86. The van der Waals surface area contributed by atoms with Crippen molar-refractivity contribution in [3.8, 4) is 5.75 Å². The third-order valence-electron chi connectivity index (χ3n) is 1.34. The molecule has 0 fully saturated rings. The van der Waals surface area contributed by atoms with Gasteiger partial charge in [-0.15, -0.1) is 5.10 Å². The number of benzene rings is 1. The molecule has 0 bridgehead atoms. The van der Waals surface area contributed by atoms with E-state index in [1.54, 1.807) is 18.2 Å². The molecule has 2 aromatic rings. The number of hydrogen-bond acceptors (Lipinski definition) is 3. The molecule has 52 valence electrons. The zero-order chi connectivity index (χ0) is 6.97. The minimum absolute atomic E-state index is 0. The summed E-state index contributed by atoms with van der Waals surface area (Å²) >= 11 is 0. The molecule has 0 saturated carbocycles. The standard InChI is InChI=1S/C6H5N3O.K.H/c10-5-3-1-2-4-6(5)8-9-7-4;;/h1-3,10H,(H,7,8,9);;. The number of nitrogens with one attached hydrogen (secondary N) is 1. The molecule has 1 heterocycles. The van der Waals surface area contributed by atoms with Crippen molar-refractivity contribution in [1.82, 2.24) is 15.4 Å². The Labute approximate surface area is 105 Å². The van der Waals surface area contributed by atoms with Crippen molar-refractivity contribution in [3.63, 3.8) is 0 Å². The van der Waals surface area contributed by atoms with Crippen molar-refractivity contribution in [1.29, 1.82) is 0 Å². The van der Waals surface area contributed by atoms with Crippen molar-refractivity contribution in [2.45, 2.75) is 0 Å². The summed E-state index contributed by atoms with van der Waals surface area (Å²) in [5.74, 6) is 0.159. The van der Waals surface area contributed by atoms with Gasteiger partial charge in [0.2, 0.25) is 0 Å². The van der Waals surface area contributed by atoms with E-state index in [-0.39, 0.29) is 57.1 Å². The Morgan fingerprint density at radius 3 is 2.91 bits per heavy atom. The van der Waals surface area contributed by atoms with Crippen molar-refractivity contribution in [2.75, 3.05) is 0 Å². The van der Waals surface area contributed by atoms with Crippen molar-refractivity contribution >= 4 is 62.4 Å². The zero-order valence-electron chi connectivity index (χ0n) is 5.07. The average molecular weight is 175 g/mol. The summed E-state index contributed by atoms with van der Waals surface area (Å²) in [4.78, 5) is 0. The number of nitrogens with zero attached hydrogens (tertiary/aromatic N) is 2. The van der Waals surface area contributed by atoms with Crippen LogP contribution in [0.2, 0.25) is 0 Å². The monoisotopic (exact) mass is 175 g/mol. The molecule has 11 heavy (non-hydrogen) atoms. The van der Waals surface area contributed by atoms with Crippen molar-refractivity contribution in [2.24, 2.45) is 0 Å². The van der Waals surface area contributed by atoms with Gasteiger partial charge in [-0.05, 0) is 12.1 Å². The Hall–Kier alpha value is 0.0564. The maximum atomic E-state index is 9.14. The molecule has 1 aromatic heterocycles. The van der Waals surface area contributed by atoms with E-state index in [4.69, 9.17) is 5.11 Å². The van der Waals surface area contributed by atoms with E-state index in [2.05, 4.69) is 15.4 Å². The summed E-state index contributed by atoms with van der Waals surface area (Å²) in [6.45, 7) is 0. The van der Waals surface area contributed by atoms with Crippen LogP contribution in [0, 0.1) is 0 Å². The fourth-order valence-corrected chi connectivity index (χ4v) is 0.856. The number of aromatic amines is 1. The number of aromatic hydroxyl groups is 1. The molecule has 0 spiro atoms. The van der Waals surface area contributed by atoms with Gasteiger partial charge in [0.25, 0.3) is 0 Å². The van der Waals surface area contributed by atoms with Gasteiger partial charge in [0, 0.05) is 0 Å². The van der Waals surface area contributed by atoms with Crippen molar-refractivity contribution < 1.29 is 5.11 Å². The molecule has 2 rings (SSSR count). The van der Waals surface area contributed by atoms with Crippen LogP contribution in [0.4, 0.5) is 0 Å². The van der Waals surface area contributed by atoms with Crippen LogP contribution in [0.25, 0.3) is 11.0 Å². The van der Waals surface area contributed by atoms with Crippen LogP contribution < -0.4 is 0 Å². The fraction of sp³-hybridized carbons (Fsp3) is 0. The van der Waals surface area contributed by atoms with Crippen LogP contribution in [0.1, 0.15) is 0 Å². The Bertz CT molecular complexity index is 359. The first kappa shape index (κ1) is 9.15. The van der Waals surface area contributed by atoms with Crippen LogP contribution in [0.5, 0.6) is 5.75 Å². The molecule has 4 nitrogen and oxygen atoms in total. The quantitative estimate of drug-likeness (QED) is 0.555. The normalized spacial score (nSPS) is 9.45. The van der Waals surface area contributed by atoms with E-state index in [9.17, 15) is 0 Å². The first-order valence-electron chi connectivity index (χ1n) is 2.86. The summed E-state index contributed by atoms with van der Waals surface area (Å²) < 4.78 is 0. The van der Waals surface area contributed by atoms with E-state index in [0.717, 1.165) is 5.52 Å². The molecule has 0 aliphatic heterocycles. The molecule has 0 unspecified atom stereocenters. The number of fused-ring (bicyclic) bond motifs is 1. The summed E-state index contributed by atoms with van der Waals surface area (Å²) in [6.07, 6.45) is 0. The van der Waals surface area contributed by atoms with Gasteiger partial charge in [0.15, 0.2) is 5.52 Å². The molecule has 0 radical (unpaired) electrons. The molecule has 0 aliphatic carbocycles. The topological polar surface area (TPSA) is 61.8 Å². The molecule has 5 heteroatoms. The van der Waals surface area contributed by atoms with Crippen LogP contribution in [-0.2, 0) is 0 Å². The van der Waals surface area contributed by atoms with E-state index >= 15 is 0 Å². The van der Waals surface area contributed by atoms with Crippen LogP contribution in [0.3, 0.4) is 0 Å². The van der Waals surface area contributed by atoms with E-state index in [0.29, 0.717) is 5.52 Å². The van der Waals surface area contributed by atoms with Gasteiger partial charge < -0.3 is 5.11 Å². The number of phenols is 1. The van der Waals surface area contributed by atoms with Gasteiger partial charge in [-0.3, -0.25) is 5.10 Å². The number of hydrogen-bond donors (Lipinski definition) is 2. The number of aromatic nitrogens is 3. The van der Waals surface area contributed by atoms with Gasteiger partial charge >= 0.3 is 51.4 Å². The molecule has 1 aromatic carbocycles. The maximum absolute atomic E-state index is 9.14. The second kappa shape index (κ2) is 3.64. The van der Waals surface area contributed by atoms with Crippen LogP contribution in [0.15, 0.2) is 18.2 Å². The third kappa shape index (κ3) is 1.62. The average Bonchev–Trinajstić information content (AvgIpc) is 2.36. The van der Waals surface area contributed by atoms with Crippen LogP contribution >= 0.6 is 0 Å². The predicted molar refractivity (Wildman–Crippen MR) is 42.7 cm³/mol. The molecular weight excluding hydrogens is 169 g/mol. The van der Waals surface area contributed by atoms with Crippen molar-refractivity contribution in [3.05, 3.63) is 18.2 Å². The summed E-state index contributed by atoms with van der Waals surface area (Å²) in [5, 5.41) is 19.0. The van der Waals surface area contributed by atoms with Gasteiger partial charge in [-0.1, -0.05) is 11.3 Å². The molecule has 0 saturated heterocycles. The summed E-state index contributed by atoms with van der Waals surface area (Å²) in [7, 11) is 0. The summed E-state index contributed by atoms with van der Waals surface area (Å²) in [5.41, 5.74) is 1.27. The second-order valence-electron chi connectivity index (χ2n) is 1.99. The predicted octanol–water partition coefficient (Wildman–Crippen LogP) is 0.0150. The van der Waals surface area contributed by atoms with Gasteiger partial charge in [0.1, 0.15) is 5.75 Å². The third-order valence-corrected chi connectivity index (χ3v) is 1.34.